The Bertz CT molecular complexity index is 925. The lowest BCUT2D eigenvalue weighted by molar-refractivity contribution is -0.385. The monoisotopic (exact) mass is 400 g/mol. The number of para-hydroxylation sites is 1. The number of amides is 1. The maximum atomic E-state index is 12.2. The van der Waals surface area contributed by atoms with E-state index in [1.165, 1.54) is 18.2 Å². The van der Waals surface area contributed by atoms with Crippen molar-refractivity contribution in [2.45, 2.75) is 6.54 Å². The van der Waals surface area contributed by atoms with Crippen LogP contribution in [0.15, 0.2) is 65.4 Å². The van der Waals surface area contributed by atoms with E-state index in [1.807, 2.05) is 36.5 Å². The van der Waals surface area contributed by atoms with Crippen LogP contribution in [0.2, 0.25) is 0 Å². The molecule has 3 rings (SSSR count). The van der Waals surface area contributed by atoms with Gasteiger partial charge in [0.2, 0.25) is 0 Å². The first kappa shape index (κ1) is 16.8. The smallest absolute Gasteiger partial charge is 0.284 e. The molecule has 7 nitrogen and oxygen atoms in total. The second-order valence-corrected chi connectivity index (χ2v) is 6.09. The summed E-state index contributed by atoms with van der Waals surface area (Å²) in [7, 11) is 0. The predicted molar refractivity (Wildman–Crippen MR) is 95.5 cm³/mol. The van der Waals surface area contributed by atoms with Gasteiger partial charge in [0.1, 0.15) is 0 Å². The molecule has 0 aliphatic carbocycles. The van der Waals surface area contributed by atoms with E-state index in [-0.39, 0.29) is 23.7 Å². The van der Waals surface area contributed by atoms with E-state index >= 15 is 0 Å². The van der Waals surface area contributed by atoms with E-state index in [0.717, 1.165) is 11.3 Å². The largest absolute Gasteiger partial charge is 0.348 e. The fourth-order valence-electron chi connectivity index (χ4n) is 2.25. The highest BCUT2D eigenvalue weighted by atomic mass is 79.9. The molecule has 1 amide bonds. The van der Waals surface area contributed by atoms with Crippen molar-refractivity contribution < 1.29 is 9.72 Å². The molecule has 0 aliphatic rings. The maximum Gasteiger partial charge on any atom is 0.284 e. The lowest BCUT2D eigenvalue weighted by atomic mass is 10.2. The second kappa shape index (κ2) is 7.27. The Kier molecular flexibility index (Phi) is 4.90. The molecule has 1 heterocycles. The van der Waals surface area contributed by atoms with Crippen LogP contribution in [0.1, 0.15) is 15.9 Å². The third-order valence-electron chi connectivity index (χ3n) is 3.51. The minimum atomic E-state index is -0.537. The van der Waals surface area contributed by atoms with Gasteiger partial charge in [-0.25, -0.2) is 4.68 Å². The van der Waals surface area contributed by atoms with Crippen molar-refractivity contribution in [3.8, 4) is 5.69 Å². The van der Waals surface area contributed by atoms with Crippen molar-refractivity contribution in [1.82, 2.24) is 15.1 Å². The molecule has 25 heavy (non-hydrogen) atoms. The van der Waals surface area contributed by atoms with Crippen LogP contribution in [-0.2, 0) is 6.54 Å². The van der Waals surface area contributed by atoms with Gasteiger partial charge in [0.25, 0.3) is 11.6 Å². The molecule has 126 valence electrons. The van der Waals surface area contributed by atoms with Gasteiger partial charge in [0.15, 0.2) is 0 Å². The Balaban J connectivity index is 1.68. The number of hydrogen-bond donors (Lipinski definition) is 1. The second-order valence-electron chi connectivity index (χ2n) is 5.23. The predicted octanol–water partition coefficient (Wildman–Crippen LogP) is 3.47. The summed E-state index contributed by atoms with van der Waals surface area (Å²) in [6, 6.07) is 13.9. The Labute approximate surface area is 151 Å². The SMILES string of the molecule is O=C(NCc1cnn(-c2ccccc2)c1)c1ccc(Br)c([N+](=O)[O-])c1. The summed E-state index contributed by atoms with van der Waals surface area (Å²) in [5.74, 6) is -0.386. The minimum absolute atomic E-state index is 0.149. The van der Waals surface area contributed by atoms with E-state index in [4.69, 9.17) is 0 Å². The summed E-state index contributed by atoms with van der Waals surface area (Å²) in [4.78, 5) is 22.6. The summed E-state index contributed by atoms with van der Waals surface area (Å²) >= 11 is 3.10. The number of hydrogen-bond acceptors (Lipinski definition) is 4. The molecule has 0 saturated heterocycles. The van der Waals surface area contributed by atoms with Gasteiger partial charge in [0, 0.05) is 29.9 Å². The fourth-order valence-corrected chi connectivity index (χ4v) is 2.64. The Hall–Kier alpha value is -3.00. The topological polar surface area (TPSA) is 90.1 Å². The molecule has 1 N–H and O–H groups in total. The molecule has 0 spiro atoms. The zero-order valence-corrected chi connectivity index (χ0v) is 14.5. The average molecular weight is 401 g/mol. The molecule has 2 aromatic carbocycles. The van der Waals surface area contributed by atoms with Crippen LogP contribution in [0, 0.1) is 10.1 Å². The first-order chi connectivity index (χ1) is 12.0. The Morgan fingerprint density at radius 2 is 2.00 bits per heavy atom. The number of nitrogens with one attached hydrogen (secondary N) is 1. The highest BCUT2D eigenvalue weighted by Crippen LogP contribution is 2.25. The summed E-state index contributed by atoms with van der Waals surface area (Å²) in [5.41, 5.74) is 1.82. The molecule has 0 aliphatic heterocycles. The molecular weight excluding hydrogens is 388 g/mol. The normalized spacial score (nSPS) is 10.4. The summed E-state index contributed by atoms with van der Waals surface area (Å²) in [6.45, 7) is 0.273. The molecule has 0 atom stereocenters. The van der Waals surface area contributed by atoms with Crippen LogP contribution >= 0.6 is 15.9 Å². The van der Waals surface area contributed by atoms with Crippen molar-refractivity contribution in [1.29, 1.82) is 0 Å². The third kappa shape index (κ3) is 3.92. The fraction of sp³-hybridized carbons (Fsp3) is 0.0588. The zero-order chi connectivity index (χ0) is 17.8. The van der Waals surface area contributed by atoms with Gasteiger partial charge in [-0.3, -0.25) is 14.9 Å². The number of nitro benzene ring substituents is 1. The maximum absolute atomic E-state index is 12.2. The summed E-state index contributed by atoms with van der Waals surface area (Å²) < 4.78 is 2.05. The van der Waals surface area contributed by atoms with Gasteiger partial charge in [-0.1, -0.05) is 18.2 Å². The quantitative estimate of drug-likeness (QED) is 0.524. The molecule has 3 aromatic rings. The number of carbonyl (C=O) groups is 1. The minimum Gasteiger partial charge on any atom is -0.348 e. The van der Waals surface area contributed by atoms with E-state index < -0.39 is 4.92 Å². The number of rotatable bonds is 5. The van der Waals surface area contributed by atoms with Gasteiger partial charge >= 0.3 is 0 Å². The number of halogens is 1. The van der Waals surface area contributed by atoms with Crippen LogP contribution in [0.3, 0.4) is 0 Å². The number of benzene rings is 2. The molecule has 0 radical (unpaired) electrons. The first-order valence-electron chi connectivity index (χ1n) is 7.36. The van der Waals surface area contributed by atoms with E-state index in [2.05, 4.69) is 26.3 Å². The van der Waals surface area contributed by atoms with Gasteiger partial charge < -0.3 is 5.32 Å². The first-order valence-corrected chi connectivity index (χ1v) is 8.15. The molecule has 0 saturated carbocycles. The molecule has 0 unspecified atom stereocenters. The van der Waals surface area contributed by atoms with Crippen LogP contribution < -0.4 is 5.32 Å². The number of nitro groups is 1. The van der Waals surface area contributed by atoms with E-state index in [9.17, 15) is 14.9 Å². The van der Waals surface area contributed by atoms with E-state index in [1.54, 1.807) is 10.9 Å². The zero-order valence-electron chi connectivity index (χ0n) is 12.9. The highest BCUT2D eigenvalue weighted by molar-refractivity contribution is 9.10. The van der Waals surface area contributed by atoms with Crippen molar-refractivity contribution >= 4 is 27.5 Å². The summed E-state index contributed by atoms with van der Waals surface area (Å²) in [5, 5.41) is 17.9. The van der Waals surface area contributed by atoms with Crippen LogP contribution in [0.25, 0.3) is 5.69 Å². The molecule has 0 fully saturated rings. The van der Waals surface area contributed by atoms with E-state index in [0.29, 0.717) is 4.47 Å². The van der Waals surface area contributed by atoms with Crippen LogP contribution in [0.5, 0.6) is 0 Å². The standard InChI is InChI=1S/C17H13BrN4O3/c18-15-7-6-13(8-16(15)22(24)25)17(23)19-9-12-10-20-21(11-12)14-4-2-1-3-5-14/h1-8,10-11H,9H2,(H,19,23). The number of carbonyl (C=O) groups excluding carboxylic acids is 1. The van der Waals surface area contributed by atoms with Gasteiger partial charge in [-0.05, 0) is 40.2 Å². The lowest BCUT2D eigenvalue weighted by Gasteiger charge is -2.04. The number of nitrogens with zero attached hydrogens (tertiary/aromatic N) is 3. The summed E-state index contributed by atoms with van der Waals surface area (Å²) in [6.07, 6.45) is 3.48. The Morgan fingerprint density at radius 3 is 2.72 bits per heavy atom. The van der Waals surface area contributed by atoms with Gasteiger partial charge in [0.05, 0.1) is 21.3 Å². The van der Waals surface area contributed by atoms with Crippen LogP contribution in [-0.4, -0.2) is 20.6 Å². The third-order valence-corrected chi connectivity index (χ3v) is 4.19. The van der Waals surface area contributed by atoms with Gasteiger partial charge in [-0.15, -0.1) is 0 Å². The van der Waals surface area contributed by atoms with Crippen molar-refractivity contribution in [2.24, 2.45) is 0 Å². The van der Waals surface area contributed by atoms with Crippen molar-refractivity contribution in [2.75, 3.05) is 0 Å². The van der Waals surface area contributed by atoms with Crippen molar-refractivity contribution in [3.63, 3.8) is 0 Å². The lowest BCUT2D eigenvalue weighted by Crippen LogP contribution is -2.22. The van der Waals surface area contributed by atoms with Gasteiger partial charge in [-0.2, -0.15) is 5.10 Å². The average Bonchev–Trinajstić information content (AvgIpc) is 3.09. The highest BCUT2D eigenvalue weighted by Gasteiger charge is 2.16. The van der Waals surface area contributed by atoms with Crippen LogP contribution in [0.4, 0.5) is 5.69 Å². The molecule has 8 heteroatoms. The number of aromatic nitrogens is 2. The molecule has 0 bridgehead atoms. The van der Waals surface area contributed by atoms with Crippen molar-refractivity contribution in [3.05, 3.63) is 86.6 Å². The molecule has 1 aromatic heterocycles. The molecular formula is C17H13BrN4O3. The Morgan fingerprint density at radius 1 is 1.24 bits per heavy atom.